The number of amides is 1. The van der Waals surface area contributed by atoms with Crippen LogP contribution in [0.3, 0.4) is 0 Å². The molecular weight excluding hydrogens is 210 g/mol. The van der Waals surface area contributed by atoms with E-state index in [0.717, 1.165) is 0 Å². The lowest BCUT2D eigenvalue weighted by Gasteiger charge is -2.05. The van der Waals surface area contributed by atoms with Gasteiger partial charge in [0.05, 0.1) is 13.0 Å². The van der Waals surface area contributed by atoms with Gasteiger partial charge in [-0.2, -0.15) is 5.48 Å². The Balaban J connectivity index is 2.16. The molecule has 5 heteroatoms. The van der Waals surface area contributed by atoms with Crippen LogP contribution < -0.4 is 10.2 Å². The Bertz CT molecular complexity index is 350. The topological polar surface area (TPSA) is 64.6 Å². The fraction of sp³-hybridized carbons (Fsp3) is 0.273. The first-order chi connectivity index (χ1) is 7.68. The molecule has 1 amide bonds. The van der Waals surface area contributed by atoms with Crippen LogP contribution in [0.2, 0.25) is 0 Å². The summed E-state index contributed by atoms with van der Waals surface area (Å²) in [5.74, 6) is -0.258. The molecule has 0 aliphatic heterocycles. The minimum atomic E-state index is -0.558. The van der Waals surface area contributed by atoms with Gasteiger partial charge < -0.3 is 9.57 Å². The molecule has 0 unspecified atom stereocenters. The molecule has 0 aliphatic rings. The smallest absolute Gasteiger partial charge is 0.329 e. The highest BCUT2D eigenvalue weighted by Crippen LogP contribution is 2.08. The number of carbonyl (C=O) groups excluding carboxylic acids is 2. The van der Waals surface area contributed by atoms with Crippen molar-refractivity contribution in [1.82, 2.24) is 5.48 Å². The van der Waals surface area contributed by atoms with Gasteiger partial charge in [0.2, 0.25) is 0 Å². The lowest BCUT2D eigenvalue weighted by Crippen LogP contribution is -2.27. The molecule has 0 saturated heterocycles. The molecule has 0 fully saturated rings. The molecule has 0 bridgehead atoms. The normalized spacial score (nSPS) is 9.31. The summed E-state index contributed by atoms with van der Waals surface area (Å²) in [6.45, 7) is 1.44. The summed E-state index contributed by atoms with van der Waals surface area (Å²) < 4.78 is 5.28. The molecule has 0 aliphatic carbocycles. The van der Waals surface area contributed by atoms with E-state index < -0.39 is 11.9 Å². The third kappa shape index (κ3) is 4.99. The van der Waals surface area contributed by atoms with Crippen molar-refractivity contribution < 1.29 is 19.2 Å². The first-order valence-corrected chi connectivity index (χ1v) is 4.82. The van der Waals surface area contributed by atoms with E-state index in [1.807, 2.05) is 23.7 Å². The van der Waals surface area contributed by atoms with Crippen LogP contribution in [0.4, 0.5) is 0 Å². The van der Waals surface area contributed by atoms with Crippen molar-refractivity contribution in [2.45, 2.75) is 13.3 Å². The Kier molecular flexibility index (Phi) is 4.85. The molecule has 1 rings (SSSR count). The van der Waals surface area contributed by atoms with E-state index in [1.54, 1.807) is 12.1 Å². The average Bonchev–Trinajstić information content (AvgIpc) is 2.28. The van der Waals surface area contributed by atoms with E-state index in [4.69, 9.17) is 4.74 Å². The summed E-state index contributed by atoms with van der Waals surface area (Å²) in [6.07, 6.45) is 0.127. The molecule has 1 aromatic rings. The van der Waals surface area contributed by atoms with E-state index in [2.05, 4.69) is 4.84 Å². The molecule has 0 atom stereocenters. The van der Waals surface area contributed by atoms with Crippen LogP contribution in [0.25, 0.3) is 0 Å². The number of para-hydroxylation sites is 1. The largest absolute Gasteiger partial charge is 0.493 e. The van der Waals surface area contributed by atoms with Crippen molar-refractivity contribution in [2.75, 3.05) is 6.61 Å². The van der Waals surface area contributed by atoms with Crippen LogP contribution in [0.5, 0.6) is 5.75 Å². The number of ether oxygens (including phenoxy) is 1. The predicted molar refractivity (Wildman–Crippen MR) is 56.5 cm³/mol. The second-order valence-corrected chi connectivity index (χ2v) is 3.03. The quantitative estimate of drug-likeness (QED) is 0.775. The monoisotopic (exact) mass is 223 g/mol. The van der Waals surface area contributed by atoms with Crippen LogP contribution in [0, 0.1) is 0 Å². The van der Waals surface area contributed by atoms with Crippen molar-refractivity contribution in [3.63, 3.8) is 0 Å². The number of hydrogen-bond donors (Lipinski definition) is 1. The van der Waals surface area contributed by atoms with E-state index in [1.165, 1.54) is 6.92 Å². The van der Waals surface area contributed by atoms with E-state index in [9.17, 15) is 9.59 Å². The number of carbonyl (C=O) groups is 2. The number of benzene rings is 1. The first-order valence-electron chi connectivity index (χ1n) is 4.82. The van der Waals surface area contributed by atoms with Gasteiger partial charge in [0.15, 0.2) is 0 Å². The van der Waals surface area contributed by atoms with Crippen LogP contribution in [0.1, 0.15) is 13.3 Å². The molecule has 5 nitrogen and oxygen atoms in total. The number of rotatable bonds is 4. The van der Waals surface area contributed by atoms with Gasteiger partial charge in [0.1, 0.15) is 5.75 Å². The standard InChI is InChI=1S/C11H13NO4/c1-9(13)16-12-11(14)7-8-15-10-5-3-2-4-6-10/h2-6H,7-8H2,1H3,(H,12,14). The number of hydrogen-bond acceptors (Lipinski definition) is 4. The van der Waals surface area contributed by atoms with Crippen LogP contribution >= 0.6 is 0 Å². The zero-order chi connectivity index (χ0) is 11.8. The average molecular weight is 223 g/mol. The van der Waals surface area contributed by atoms with E-state index in [-0.39, 0.29) is 13.0 Å². The van der Waals surface area contributed by atoms with Gasteiger partial charge >= 0.3 is 5.97 Å². The van der Waals surface area contributed by atoms with Gasteiger partial charge in [-0.15, -0.1) is 0 Å². The summed E-state index contributed by atoms with van der Waals surface area (Å²) >= 11 is 0. The molecule has 0 saturated carbocycles. The molecule has 0 spiro atoms. The van der Waals surface area contributed by atoms with Gasteiger partial charge in [-0.25, -0.2) is 0 Å². The summed E-state index contributed by atoms with van der Waals surface area (Å²) in [6, 6.07) is 9.15. The van der Waals surface area contributed by atoms with Crippen molar-refractivity contribution in [3.05, 3.63) is 30.3 Å². The first kappa shape index (κ1) is 12.0. The maximum absolute atomic E-state index is 11.1. The molecular formula is C11H13NO4. The molecule has 0 radical (unpaired) electrons. The predicted octanol–water partition coefficient (Wildman–Crippen LogP) is 1.05. The second kappa shape index (κ2) is 6.44. The van der Waals surface area contributed by atoms with Crippen molar-refractivity contribution in [3.8, 4) is 5.75 Å². The molecule has 16 heavy (non-hydrogen) atoms. The molecule has 0 aromatic heterocycles. The Hall–Kier alpha value is -2.04. The van der Waals surface area contributed by atoms with Crippen molar-refractivity contribution in [2.24, 2.45) is 0 Å². The van der Waals surface area contributed by atoms with Gasteiger partial charge in [-0.05, 0) is 12.1 Å². The third-order valence-electron chi connectivity index (χ3n) is 1.65. The summed E-state index contributed by atoms with van der Waals surface area (Å²) in [7, 11) is 0. The number of nitrogens with one attached hydrogen (secondary N) is 1. The highest BCUT2D eigenvalue weighted by Gasteiger charge is 2.03. The Labute approximate surface area is 93.3 Å². The maximum Gasteiger partial charge on any atom is 0.329 e. The fourth-order valence-corrected chi connectivity index (χ4v) is 0.958. The van der Waals surface area contributed by atoms with Gasteiger partial charge in [0, 0.05) is 6.92 Å². The highest BCUT2D eigenvalue weighted by molar-refractivity contribution is 5.77. The Morgan fingerprint density at radius 3 is 2.56 bits per heavy atom. The minimum Gasteiger partial charge on any atom is -0.493 e. The molecule has 0 heterocycles. The third-order valence-corrected chi connectivity index (χ3v) is 1.65. The van der Waals surface area contributed by atoms with Crippen LogP contribution in [-0.4, -0.2) is 18.5 Å². The van der Waals surface area contributed by atoms with E-state index >= 15 is 0 Å². The van der Waals surface area contributed by atoms with Gasteiger partial charge in [0.25, 0.3) is 5.91 Å². The lowest BCUT2D eigenvalue weighted by atomic mass is 10.3. The van der Waals surface area contributed by atoms with Gasteiger partial charge in [-0.3, -0.25) is 9.59 Å². The SMILES string of the molecule is CC(=O)ONC(=O)CCOc1ccccc1. The summed E-state index contributed by atoms with van der Waals surface area (Å²) in [5, 5.41) is 0. The Morgan fingerprint density at radius 2 is 1.94 bits per heavy atom. The van der Waals surface area contributed by atoms with Crippen LogP contribution in [-0.2, 0) is 14.4 Å². The van der Waals surface area contributed by atoms with Crippen LogP contribution in [0.15, 0.2) is 30.3 Å². The maximum atomic E-state index is 11.1. The number of hydroxylamine groups is 1. The van der Waals surface area contributed by atoms with Crippen molar-refractivity contribution >= 4 is 11.9 Å². The second-order valence-electron chi connectivity index (χ2n) is 3.03. The summed E-state index contributed by atoms with van der Waals surface area (Å²) in [5.41, 5.74) is 2.00. The van der Waals surface area contributed by atoms with Crippen molar-refractivity contribution in [1.29, 1.82) is 0 Å². The molecule has 1 N–H and O–H groups in total. The zero-order valence-corrected chi connectivity index (χ0v) is 8.93. The lowest BCUT2D eigenvalue weighted by molar-refractivity contribution is -0.156. The minimum absolute atomic E-state index is 0.127. The van der Waals surface area contributed by atoms with Gasteiger partial charge in [-0.1, -0.05) is 18.2 Å². The highest BCUT2D eigenvalue weighted by atomic mass is 16.7. The Morgan fingerprint density at radius 1 is 1.25 bits per heavy atom. The fourth-order valence-electron chi connectivity index (χ4n) is 0.958. The summed E-state index contributed by atoms with van der Waals surface area (Å²) in [4.78, 5) is 25.8. The molecule has 86 valence electrons. The molecule has 1 aromatic carbocycles. The van der Waals surface area contributed by atoms with E-state index in [0.29, 0.717) is 5.75 Å². The zero-order valence-electron chi connectivity index (χ0n) is 8.93.